The number of aliphatic imine (C=N–C) groups is 1. The number of amides is 1. The topological polar surface area (TPSA) is 57.2 Å². The number of piperidine rings is 1. The molecule has 1 N–H and O–H groups in total. The zero-order valence-corrected chi connectivity index (χ0v) is 14.4. The highest BCUT2D eigenvalue weighted by atomic mass is 16.6. The summed E-state index contributed by atoms with van der Waals surface area (Å²) in [6.07, 6.45) is 2.21. The number of carbonyl (C=O) groups is 1. The van der Waals surface area contributed by atoms with E-state index in [1.54, 1.807) is 4.90 Å². The summed E-state index contributed by atoms with van der Waals surface area (Å²) in [6, 6.07) is 0. The Hall–Kier alpha value is -1.30. The summed E-state index contributed by atoms with van der Waals surface area (Å²) in [5, 5.41) is 3.44. The van der Waals surface area contributed by atoms with Gasteiger partial charge in [0.2, 0.25) is 0 Å². The van der Waals surface area contributed by atoms with Crippen molar-refractivity contribution in [2.75, 3.05) is 46.3 Å². The van der Waals surface area contributed by atoms with E-state index in [0.29, 0.717) is 25.6 Å². The van der Waals surface area contributed by atoms with Gasteiger partial charge >= 0.3 is 6.09 Å². The molecule has 0 saturated carbocycles. The molecule has 2 heterocycles. The van der Waals surface area contributed by atoms with Gasteiger partial charge in [0.05, 0.1) is 13.1 Å². The van der Waals surface area contributed by atoms with Crippen LogP contribution in [0, 0.1) is 5.92 Å². The highest BCUT2D eigenvalue weighted by Gasteiger charge is 2.25. The van der Waals surface area contributed by atoms with Gasteiger partial charge in [-0.1, -0.05) is 0 Å². The summed E-state index contributed by atoms with van der Waals surface area (Å²) in [4.78, 5) is 20.7. The van der Waals surface area contributed by atoms with Crippen molar-refractivity contribution < 1.29 is 9.53 Å². The van der Waals surface area contributed by atoms with E-state index >= 15 is 0 Å². The lowest BCUT2D eigenvalue weighted by Crippen LogP contribution is -2.48. The summed E-state index contributed by atoms with van der Waals surface area (Å²) >= 11 is 0. The first kappa shape index (κ1) is 17.1. The van der Waals surface area contributed by atoms with Crippen LogP contribution in [0.1, 0.15) is 33.6 Å². The average molecular weight is 310 g/mol. The summed E-state index contributed by atoms with van der Waals surface area (Å²) < 4.78 is 5.43. The molecule has 0 atom stereocenters. The van der Waals surface area contributed by atoms with E-state index in [0.717, 1.165) is 12.4 Å². The van der Waals surface area contributed by atoms with Crippen molar-refractivity contribution in [2.45, 2.75) is 39.2 Å². The van der Waals surface area contributed by atoms with Crippen LogP contribution >= 0.6 is 0 Å². The molecule has 0 aromatic carbocycles. The molecule has 22 heavy (non-hydrogen) atoms. The van der Waals surface area contributed by atoms with E-state index in [1.807, 2.05) is 20.8 Å². The quantitative estimate of drug-likeness (QED) is 0.841. The third-order valence-corrected chi connectivity index (χ3v) is 4.10. The van der Waals surface area contributed by atoms with Crippen molar-refractivity contribution >= 4 is 11.9 Å². The van der Waals surface area contributed by atoms with Gasteiger partial charge in [0.25, 0.3) is 0 Å². The van der Waals surface area contributed by atoms with Crippen molar-refractivity contribution in [1.82, 2.24) is 15.1 Å². The van der Waals surface area contributed by atoms with E-state index in [9.17, 15) is 4.79 Å². The summed E-state index contributed by atoms with van der Waals surface area (Å²) in [5.41, 5.74) is -0.451. The standard InChI is InChI=1S/C16H30N4O2/c1-16(2,3)22-15(21)20-10-7-17-14(12-20)18-11-13-5-8-19(4)9-6-13/h13H,5-12H2,1-4H3,(H,17,18). The van der Waals surface area contributed by atoms with Crippen LogP contribution in [0.25, 0.3) is 0 Å². The highest BCUT2D eigenvalue weighted by Crippen LogP contribution is 2.15. The van der Waals surface area contributed by atoms with Gasteiger partial charge in [-0.15, -0.1) is 0 Å². The highest BCUT2D eigenvalue weighted by molar-refractivity contribution is 5.87. The van der Waals surface area contributed by atoms with Gasteiger partial charge in [-0.3, -0.25) is 9.89 Å². The first-order valence-electron chi connectivity index (χ1n) is 8.27. The first-order valence-corrected chi connectivity index (χ1v) is 8.27. The van der Waals surface area contributed by atoms with E-state index < -0.39 is 5.60 Å². The van der Waals surface area contributed by atoms with Crippen LogP contribution < -0.4 is 5.32 Å². The molecule has 6 heteroatoms. The van der Waals surface area contributed by atoms with Gasteiger partial charge in [0.15, 0.2) is 0 Å². The minimum atomic E-state index is -0.451. The fraction of sp³-hybridized carbons (Fsp3) is 0.875. The minimum Gasteiger partial charge on any atom is -0.444 e. The molecule has 6 nitrogen and oxygen atoms in total. The third-order valence-electron chi connectivity index (χ3n) is 4.10. The number of likely N-dealkylation sites (tertiary alicyclic amines) is 1. The lowest BCUT2D eigenvalue weighted by atomic mass is 9.97. The van der Waals surface area contributed by atoms with Gasteiger partial charge in [-0.05, 0) is 59.7 Å². The molecule has 0 unspecified atom stereocenters. The van der Waals surface area contributed by atoms with Crippen LogP contribution in [0.3, 0.4) is 0 Å². The molecular weight excluding hydrogens is 280 g/mol. The van der Waals surface area contributed by atoms with E-state index in [-0.39, 0.29) is 6.09 Å². The maximum absolute atomic E-state index is 12.1. The third kappa shape index (κ3) is 5.48. The Morgan fingerprint density at radius 2 is 2.00 bits per heavy atom. The molecule has 0 spiro atoms. The number of rotatable bonds is 2. The molecule has 0 aromatic rings. The number of ether oxygens (including phenoxy) is 1. The fourth-order valence-electron chi connectivity index (χ4n) is 2.74. The molecule has 2 aliphatic heterocycles. The normalized spacial score (nSPS) is 21.5. The van der Waals surface area contributed by atoms with Gasteiger partial charge in [0, 0.05) is 13.1 Å². The molecule has 126 valence electrons. The van der Waals surface area contributed by atoms with Crippen LogP contribution in [0.4, 0.5) is 4.79 Å². The number of hydrogen-bond donors (Lipinski definition) is 1. The Balaban J connectivity index is 1.76. The Labute approximate surface area is 133 Å². The van der Waals surface area contributed by atoms with E-state index in [2.05, 4.69) is 22.3 Å². The van der Waals surface area contributed by atoms with Gasteiger partial charge < -0.3 is 15.0 Å². The molecule has 1 amide bonds. The molecule has 2 aliphatic rings. The maximum Gasteiger partial charge on any atom is 0.410 e. The molecule has 1 fully saturated rings. The Morgan fingerprint density at radius 3 is 2.64 bits per heavy atom. The molecule has 1 saturated heterocycles. The number of nitrogens with one attached hydrogen (secondary N) is 1. The fourth-order valence-corrected chi connectivity index (χ4v) is 2.74. The second-order valence-electron chi connectivity index (χ2n) is 7.36. The first-order chi connectivity index (χ1) is 10.3. The molecule has 0 aliphatic carbocycles. The van der Waals surface area contributed by atoms with Crippen LogP contribution in [0.15, 0.2) is 4.99 Å². The SMILES string of the molecule is CN1CCC(CNC2=NCCN(C(=O)OC(C)(C)C)C2)CC1. The molecular formula is C16H30N4O2. The number of hydrogen-bond acceptors (Lipinski definition) is 5. The molecule has 0 aromatic heterocycles. The number of amidine groups is 1. The predicted octanol–water partition coefficient (Wildman–Crippen LogP) is 1.57. The molecule has 2 rings (SSSR count). The summed E-state index contributed by atoms with van der Waals surface area (Å²) in [6.45, 7) is 10.8. The van der Waals surface area contributed by atoms with Crippen LogP contribution in [-0.4, -0.2) is 73.6 Å². The molecule has 0 radical (unpaired) electrons. The minimum absolute atomic E-state index is 0.249. The summed E-state index contributed by atoms with van der Waals surface area (Å²) in [5.74, 6) is 1.62. The monoisotopic (exact) mass is 310 g/mol. The van der Waals surface area contributed by atoms with Crippen molar-refractivity contribution in [3.05, 3.63) is 0 Å². The second kappa shape index (κ2) is 7.31. The molecule has 0 bridgehead atoms. The maximum atomic E-state index is 12.1. The largest absolute Gasteiger partial charge is 0.444 e. The lowest BCUT2D eigenvalue weighted by Gasteiger charge is -2.32. The van der Waals surface area contributed by atoms with Crippen LogP contribution in [0.5, 0.6) is 0 Å². The smallest absolute Gasteiger partial charge is 0.410 e. The average Bonchev–Trinajstić information content (AvgIpc) is 2.45. The van der Waals surface area contributed by atoms with Crippen molar-refractivity contribution in [3.8, 4) is 0 Å². The van der Waals surface area contributed by atoms with Crippen molar-refractivity contribution in [1.29, 1.82) is 0 Å². The van der Waals surface area contributed by atoms with Crippen LogP contribution in [-0.2, 0) is 4.74 Å². The number of carbonyl (C=O) groups excluding carboxylic acids is 1. The van der Waals surface area contributed by atoms with Crippen LogP contribution in [0.2, 0.25) is 0 Å². The Morgan fingerprint density at radius 1 is 1.32 bits per heavy atom. The van der Waals surface area contributed by atoms with Crippen molar-refractivity contribution in [3.63, 3.8) is 0 Å². The van der Waals surface area contributed by atoms with Gasteiger partial charge in [-0.2, -0.15) is 0 Å². The Bertz CT molecular complexity index is 409. The zero-order chi connectivity index (χ0) is 16.2. The van der Waals surface area contributed by atoms with E-state index in [4.69, 9.17) is 4.74 Å². The Kier molecular flexibility index (Phi) is 5.67. The predicted molar refractivity (Wildman–Crippen MR) is 88.3 cm³/mol. The van der Waals surface area contributed by atoms with E-state index in [1.165, 1.54) is 25.9 Å². The lowest BCUT2D eigenvalue weighted by molar-refractivity contribution is 0.0276. The second-order valence-corrected chi connectivity index (χ2v) is 7.36. The van der Waals surface area contributed by atoms with Gasteiger partial charge in [0.1, 0.15) is 11.4 Å². The number of nitrogens with zero attached hydrogens (tertiary/aromatic N) is 3. The summed E-state index contributed by atoms with van der Waals surface area (Å²) in [7, 11) is 2.17. The van der Waals surface area contributed by atoms with Gasteiger partial charge in [-0.25, -0.2) is 4.79 Å². The zero-order valence-electron chi connectivity index (χ0n) is 14.4. The van der Waals surface area contributed by atoms with Crippen molar-refractivity contribution in [2.24, 2.45) is 10.9 Å².